The van der Waals surface area contributed by atoms with Crippen LogP contribution in [0.3, 0.4) is 0 Å². The van der Waals surface area contributed by atoms with Gasteiger partial charge in [0.2, 0.25) is 0 Å². The second kappa shape index (κ2) is 6.87. The van der Waals surface area contributed by atoms with Crippen molar-refractivity contribution in [2.75, 3.05) is 0 Å². The number of carbonyl (C=O) groups is 2. The van der Waals surface area contributed by atoms with E-state index in [1.165, 1.54) is 0 Å². The minimum Gasteiger partial charge on any atom is -0.325 e. The molecule has 2 aliphatic rings. The molecular formula is C24H20N2O3. The Kier molecular flexibility index (Phi) is 4.18. The minimum atomic E-state index is -0.537. The largest absolute Gasteiger partial charge is 0.325 e. The lowest BCUT2D eigenvalue weighted by molar-refractivity contribution is 0.0696. The van der Waals surface area contributed by atoms with Gasteiger partial charge >= 0.3 is 0 Å². The molecule has 2 heterocycles. The third kappa shape index (κ3) is 2.82. The van der Waals surface area contributed by atoms with Gasteiger partial charge in [-0.25, -0.2) is 5.48 Å². The number of hydroxylamine groups is 1. The Bertz CT molecular complexity index is 1090. The summed E-state index contributed by atoms with van der Waals surface area (Å²) in [7, 11) is 0. The fourth-order valence-electron chi connectivity index (χ4n) is 4.66. The van der Waals surface area contributed by atoms with Crippen LogP contribution in [0, 0.1) is 0 Å². The molecule has 3 aromatic rings. The van der Waals surface area contributed by atoms with Crippen LogP contribution in [0.15, 0.2) is 72.8 Å². The molecule has 0 radical (unpaired) electrons. The first-order valence-electron chi connectivity index (χ1n) is 9.74. The van der Waals surface area contributed by atoms with Crippen LogP contribution in [-0.2, 0) is 0 Å². The lowest BCUT2D eigenvalue weighted by Gasteiger charge is -2.22. The third-order valence-electron chi connectivity index (χ3n) is 6.03. The average molecular weight is 384 g/mol. The summed E-state index contributed by atoms with van der Waals surface area (Å²) in [6.45, 7) is 0. The lowest BCUT2D eigenvalue weighted by atomic mass is 9.90. The minimum absolute atomic E-state index is 0.0153. The maximum Gasteiger partial charge on any atom is 0.274 e. The van der Waals surface area contributed by atoms with E-state index in [0.29, 0.717) is 11.1 Å². The number of rotatable bonds is 3. The summed E-state index contributed by atoms with van der Waals surface area (Å²) in [6, 6.07) is 23.2. The maximum atomic E-state index is 13.3. The number of hydrogen-bond donors (Lipinski definition) is 2. The van der Waals surface area contributed by atoms with Gasteiger partial charge in [0.05, 0.1) is 12.1 Å². The quantitative estimate of drug-likeness (QED) is 0.516. The van der Waals surface area contributed by atoms with Crippen molar-refractivity contribution in [3.05, 3.63) is 95.1 Å². The highest BCUT2D eigenvalue weighted by Crippen LogP contribution is 2.53. The Morgan fingerprint density at radius 2 is 1.41 bits per heavy atom. The third-order valence-corrected chi connectivity index (χ3v) is 6.03. The maximum absolute atomic E-state index is 13.3. The van der Waals surface area contributed by atoms with E-state index >= 15 is 0 Å². The molecule has 5 heteroatoms. The molecule has 1 fully saturated rings. The Morgan fingerprint density at radius 1 is 0.793 bits per heavy atom. The molecular weight excluding hydrogens is 364 g/mol. The number of benzene rings is 3. The Balaban J connectivity index is 1.43. The van der Waals surface area contributed by atoms with Crippen molar-refractivity contribution in [1.82, 2.24) is 10.4 Å². The summed E-state index contributed by atoms with van der Waals surface area (Å²) in [5.74, 6) is -0.522. The fourth-order valence-corrected chi connectivity index (χ4v) is 4.66. The number of carbonyl (C=O) groups excluding carboxylic acids is 2. The van der Waals surface area contributed by atoms with Crippen molar-refractivity contribution in [1.29, 1.82) is 0 Å². The molecule has 29 heavy (non-hydrogen) atoms. The zero-order chi connectivity index (χ0) is 20.0. The van der Waals surface area contributed by atoms with E-state index in [1.54, 1.807) is 17.6 Å². The van der Waals surface area contributed by atoms with Gasteiger partial charge in [-0.05, 0) is 59.4 Å². The summed E-state index contributed by atoms with van der Waals surface area (Å²) < 4.78 is 0. The molecule has 0 aliphatic carbocycles. The number of fused-ring (bicyclic) bond motifs is 5. The predicted octanol–water partition coefficient (Wildman–Crippen LogP) is 4.50. The van der Waals surface area contributed by atoms with E-state index in [4.69, 9.17) is 5.21 Å². The SMILES string of the molecule is O=C(NO)c1ccc2c(c1)C1CCC2N1C(=O)c1ccc(-c2ccccc2)cc1. The van der Waals surface area contributed by atoms with Crippen LogP contribution in [0.2, 0.25) is 0 Å². The molecule has 5 rings (SSSR count). The van der Waals surface area contributed by atoms with E-state index in [2.05, 4.69) is 0 Å². The summed E-state index contributed by atoms with van der Waals surface area (Å²) in [4.78, 5) is 27.0. The van der Waals surface area contributed by atoms with Crippen LogP contribution in [0.1, 0.15) is 56.8 Å². The second-order valence-corrected chi connectivity index (χ2v) is 7.55. The molecule has 5 nitrogen and oxygen atoms in total. The Morgan fingerprint density at radius 3 is 2.10 bits per heavy atom. The second-order valence-electron chi connectivity index (χ2n) is 7.55. The molecule has 1 saturated heterocycles. The number of nitrogens with one attached hydrogen (secondary N) is 1. The summed E-state index contributed by atoms with van der Waals surface area (Å²) in [5.41, 5.74) is 7.06. The van der Waals surface area contributed by atoms with Gasteiger partial charge in [0.15, 0.2) is 0 Å². The lowest BCUT2D eigenvalue weighted by Crippen LogP contribution is -2.27. The first kappa shape index (κ1) is 17.6. The van der Waals surface area contributed by atoms with Gasteiger partial charge in [0.1, 0.15) is 0 Å². The highest BCUT2D eigenvalue weighted by Gasteiger charge is 2.46. The van der Waals surface area contributed by atoms with Crippen LogP contribution in [-0.4, -0.2) is 21.9 Å². The average Bonchev–Trinajstić information content (AvgIpc) is 3.35. The molecule has 144 valence electrons. The predicted molar refractivity (Wildman–Crippen MR) is 108 cm³/mol. The van der Waals surface area contributed by atoms with Crippen LogP contribution >= 0.6 is 0 Å². The molecule has 0 aromatic heterocycles. The zero-order valence-corrected chi connectivity index (χ0v) is 15.7. The molecule has 0 saturated carbocycles. The van der Waals surface area contributed by atoms with Crippen molar-refractivity contribution >= 4 is 11.8 Å². The van der Waals surface area contributed by atoms with Crippen molar-refractivity contribution < 1.29 is 14.8 Å². The monoisotopic (exact) mass is 384 g/mol. The van der Waals surface area contributed by atoms with Crippen molar-refractivity contribution in [2.45, 2.75) is 24.9 Å². The first-order valence-corrected chi connectivity index (χ1v) is 9.74. The normalized spacial score (nSPS) is 19.1. The van der Waals surface area contributed by atoms with Gasteiger partial charge in [-0.1, -0.05) is 48.5 Å². The molecule has 0 spiro atoms. The fraction of sp³-hybridized carbons (Fsp3) is 0.167. The molecule has 3 aromatic carbocycles. The van der Waals surface area contributed by atoms with Gasteiger partial charge < -0.3 is 4.90 Å². The van der Waals surface area contributed by atoms with Crippen molar-refractivity contribution in [3.63, 3.8) is 0 Å². The molecule has 2 N–H and O–H groups in total. The zero-order valence-electron chi connectivity index (χ0n) is 15.7. The van der Waals surface area contributed by atoms with Crippen LogP contribution in [0.25, 0.3) is 11.1 Å². The van der Waals surface area contributed by atoms with Gasteiger partial charge in [-0.2, -0.15) is 0 Å². The molecule has 2 atom stereocenters. The van der Waals surface area contributed by atoms with E-state index in [0.717, 1.165) is 35.1 Å². The van der Waals surface area contributed by atoms with E-state index in [-0.39, 0.29) is 18.0 Å². The van der Waals surface area contributed by atoms with Crippen LogP contribution < -0.4 is 5.48 Å². The highest BCUT2D eigenvalue weighted by molar-refractivity contribution is 5.97. The summed E-state index contributed by atoms with van der Waals surface area (Å²) in [5, 5.41) is 8.90. The Labute approximate surface area is 168 Å². The summed E-state index contributed by atoms with van der Waals surface area (Å²) in [6.07, 6.45) is 1.81. The number of hydrogen-bond acceptors (Lipinski definition) is 3. The van der Waals surface area contributed by atoms with Gasteiger partial charge in [-0.15, -0.1) is 0 Å². The van der Waals surface area contributed by atoms with Crippen molar-refractivity contribution in [2.24, 2.45) is 0 Å². The number of amides is 2. The van der Waals surface area contributed by atoms with Gasteiger partial charge in [0, 0.05) is 11.1 Å². The van der Waals surface area contributed by atoms with E-state index < -0.39 is 5.91 Å². The topological polar surface area (TPSA) is 69.6 Å². The standard InChI is InChI=1S/C24H20N2O3/c27-23(25-29)18-10-11-19-20(14-18)22-13-12-21(19)26(22)24(28)17-8-6-16(7-9-17)15-4-2-1-3-5-15/h1-11,14,21-22,29H,12-13H2,(H,25,27). The van der Waals surface area contributed by atoms with E-state index in [1.807, 2.05) is 65.6 Å². The molecule has 2 amide bonds. The van der Waals surface area contributed by atoms with Crippen molar-refractivity contribution in [3.8, 4) is 11.1 Å². The van der Waals surface area contributed by atoms with Gasteiger partial charge in [0.25, 0.3) is 11.8 Å². The number of nitrogens with zero attached hydrogens (tertiary/aromatic N) is 1. The Hall–Kier alpha value is -3.44. The molecule has 2 bridgehead atoms. The van der Waals surface area contributed by atoms with E-state index in [9.17, 15) is 9.59 Å². The molecule has 2 unspecified atom stereocenters. The highest BCUT2D eigenvalue weighted by atomic mass is 16.5. The molecule has 2 aliphatic heterocycles. The van der Waals surface area contributed by atoms with Crippen LogP contribution in [0.4, 0.5) is 0 Å². The first-order chi connectivity index (χ1) is 14.2. The summed E-state index contributed by atoms with van der Waals surface area (Å²) >= 11 is 0. The van der Waals surface area contributed by atoms with Gasteiger partial charge in [-0.3, -0.25) is 14.8 Å². The van der Waals surface area contributed by atoms with Crippen LogP contribution in [0.5, 0.6) is 0 Å². The smallest absolute Gasteiger partial charge is 0.274 e.